The van der Waals surface area contributed by atoms with Crippen LogP contribution in [0.1, 0.15) is 26.5 Å². The number of aromatic nitrogens is 2. The molecule has 7 nitrogen and oxygen atoms in total. The fourth-order valence-corrected chi connectivity index (χ4v) is 3.52. The quantitative estimate of drug-likeness (QED) is 0.626. The van der Waals surface area contributed by atoms with Gasteiger partial charge >= 0.3 is 5.97 Å². The minimum absolute atomic E-state index is 0.0330. The Labute approximate surface area is 176 Å². The number of benzene rings is 2. The second-order valence-electron chi connectivity index (χ2n) is 6.99. The Morgan fingerprint density at radius 2 is 1.93 bits per heavy atom. The molecule has 0 bridgehead atoms. The molecule has 0 spiro atoms. The molecule has 30 heavy (non-hydrogen) atoms. The molecule has 1 aliphatic rings. The molecule has 1 aromatic heterocycles. The number of carbonyl (C=O) groups is 2. The summed E-state index contributed by atoms with van der Waals surface area (Å²) in [6.07, 6.45) is -2.04. The van der Waals surface area contributed by atoms with Crippen molar-refractivity contribution >= 4 is 34.5 Å². The SMILES string of the molecule is COC(=O)c1ccc2nc(COC3CN(C(=O)c4ccc(Cl)cc4)CC3F)[nH]c2c1. The molecule has 2 heterocycles. The first-order chi connectivity index (χ1) is 14.4. The van der Waals surface area contributed by atoms with E-state index in [-0.39, 0.29) is 25.6 Å². The minimum atomic E-state index is -1.29. The standard InChI is InChI=1S/C21H19ClFN3O4/c1-29-21(28)13-4-7-16-17(8-13)25-19(24-16)11-30-18-10-26(9-15(18)23)20(27)12-2-5-14(22)6-3-12/h2-8,15,18H,9-11H2,1H3,(H,24,25). The van der Waals surface area contributed by atoms with Crippen LogP contribution in [0.15, 0.2) is 42.5 Å². The molecule has 2 unspecified atom stereocenters. The van der Waals surface area contributed by atoms with Crippen LogP contribution in [0.2, 0.25) is 5.02 Å². The molecule has 1 amide bonds. The lowest BCUT2D eigenvalue weighted by molar-refractivity contribution is 0.00887. The van der Waals surface area contributed by atoms with Gasteiger partial charge in [0, 0.05) is 10.6 Å². The van der Waals surface area contributed by atoms with Gasteiger partial charge in [-0.1, -0.05) is 11.6 Å². The molecule has 1 aliphatic heterocycles. The van der Waals surface area contributed by atoms with Crippen molar-refractivity contribution in [2.75, 3.05) is 20.2 Å². The summed E-state index contributed by atoms with van der Waals surface area (Å²) in [5, 5.41) is 0.530. The molecule has 156 valence electrons. The number of rotatable bonds is 5. The third kappa shape index (κ3) is 4.15. The molecular formula is C21H19ClFN3O4. The largest absolute Gasteiger partial charge is 0.465 e. The zero-order chi connectivity index (χ0) is 21.3. The summed E-state index contributed by atoms with van der Waals surface area (Å²) in [5.74, 6) is -0.206. The van der Waals surface area contributed by atoms with E-state index in [1.807, 2.05) is 0 Å². The van der Waals surface area contributed by atoms with Gasteiger partial charge in [0.2, 0.25) is 0 Å². The number of nitrogens with one attached hydrogen (secondary N) is 1. The summed E-state index contributed by atoms with van der Waals surface area (Å²) in [6.45, 7) is 0.167. The van der Waals surface area contributed by atoms with Crippen molar-refractivity contribution < 1.29 is 23.5 Å². The van der Waals surface area contributed by atoms with Crippen LogP contribution < -0.4 is 0 Å². The van der Waals surface area contributed by atoms with Gasteiger partial charge < -0.3 is 19.4 Å². The first-order valence-corrected chi connectivity index (χ1v) is 9.70. The van der Waals surface area contributed by atoms with Gasteiger partial charge in [-0.25, -0.2) is 14.2 Å². The predicted octanol–water partition coefficient (Wildman–Crippen LogP) is 3.38. The van der Waals surface area contributed by atoms with Crippen molar-refractivity contribution in [2.45, 2.75) is 18.9 Å². The van der Waals surface area contributed by atoms with E-state index in [1.165, 1.54) is 12.0 Å². The van der Waals surface area contributed by atoms with E-state index in [0.29, 0.717) is 33.0 Å². The number of aromatic amines is 1. The molecule has 0 aliphatic carbocycles. The molecule has 4 rings (SSSR count). The number of ether oxygens (including phenoxy) is 2. The van der Waals surface area contributed by atoms with Gasteiger partial charge in [0.25, 0.3) is 5.91 Å². The number of imidazole rings is 1. The molecule has 1 fully saturated rings. The van der Waals surface area contributed by atoms with Crippen LogP contribution in [0.5, 0.6) is 0 Å². The Hall–Kier alpha value is -2.97. The van der Waals surface area contributed by atoms with Crippen molar-refractivity contribution in [3.05, 3.63) is 64.4 Å². The van der Waals surface area contributed by atoms with Gasteiger partial charge in [0.1, 0.15) is 24.7 Å². The number of amides is 1. The summed E-state index contributed by atoms with van der Waals surface area (Å²) in [5.41, 5.74) is 2.16. The number of likely N-dealkylation sites (tertiary alicyclic amines) is 1. The predicted molar refractivity (Wildman–Crippen MR) is 108 cm³/mol. The summed E-state index contributed by atoms with van der Waals surface area (Å²) in [4.78, 5) is 33.1. The summed E-state index contributed by atoms with van der Waals surface area (Å²) >= 11 is 5.85. The first-order valence-electron chi connectivity index (χ1n) is 9.32. The van der Waals surface area contributed by atoms with E-state index >= 15 is 0 Å². The van der Waals surface area contributed by atoms with E-state index in [2.05, 4.69) is 9.97 Å². The molecule has 3 aromatic rings. The summed E-state index contributed by atoms with van der Waals surface area (Å²) < 4.78 is 24.8. The Bertz CT molecular complexity index is 1090. The second-order valence-corrected chi connectivity index (χ2v) is 7.43. The number of carbonyl (C=O) groups excluding carboxylic acids is 2. The third-order valence-corrected chi connectivity index (χ3v) is 5.22. The molecule has 0 saturated carbocycles. The van der Waals surface area contributed by atoms with Gasteiger partial charge in [0.15, 0.2) is 0 Å². The lowest BCUT2D eigenvalue weighted by Crippen LogP contribution is -2.30. The van der Waals surface area contributed by atoms with Crippen LogP contribution in [0.4, 0.5) is 4.39 Å². The minimum Gasteiger partial charge on any atom is -0.465 e. The topological polar surface area (TPSA) is 84.5 Å². The van der Waals surface area contributed by atoms with Crippen LogP contribution in [-0.4, -0.2) is 59.2 Å². The normalized spacial score (nSPS) is 18.7. The van der Waals surface area contributed by atoms with Crippen LogP contribution >= 0.6 is 11.6 Å². The van der Waals surface area contributed by atoms with Crippen LogP contribution in [0, 0.1) is 0 Å². The number of esters is 1. The number of hydrogen-bond acceptors (Lipinski definition) is 5. The van der Waals surface area contributed by atoms with Crippen molar-refractivity contribution in [3.63, 3.8) is 0 Å². The highest BCUT2D eigenvalue weighted by molar-refractivity contribution is 6.30. The number of nitrogens with zero attached hydrogens (tertiary/aromatic N) is 2. The highest BCUT2D eigenvalue weighted by atomic mass is 35.5. The molecule has 2 aromatic carbocycles. The van der Waals surface area contributed by atoms with Gasteiger partial charge in [-0.3, -0.25) is 4.79 Å². The number of methoxy groups -OCH3 is 1. The van der Waals surface area contributed by atoms with Gasteiger partial charge in [0.05, 0.1) is 36.8 Å². The number of fused-ring (bicyclic) bond motifs is 1. The van der Waals surface area contributed by atoms with Gasteiger partial charge in [-0.2, -0.15) is 0 Å². The van der Waals surface area contributed by atoms with Crippen LogP contribution in [0.3, 0.4) is 0 Å². The summed E-state index contributed by atoms with van der Waals surface area (Å²) in [6, 6.07) is 11.4. The lowest BCUT2D eigenvalue weighted by Gasteiger charge is -2.16. The average molecular weight is 432 g/mol. The Morgan fingerprint density at radius 1 is 1.20 bits per heavy atom. The fourth-order valence-electron chi connectivity index (χ4n) is 3.39. The Kier molecular flexibility index (Phi) is 5.69. The Morgan fingerprint density at radius 3 is 2.67 bits per heavy atom. The van der Waals surface area contributed by atoms with E-state index in [0.717, 1.165) is 0 Å². The van der Waals surface area contributed by atoms with Gasteiger partial charge in [-0.05, 0) is 42.5 Å². The maximum Gasteiger partial charge on any atom is 0.337 e. The number of alkyl halides is 1. The highest BCUT2D eigenvalue weighted by Crippen LogP contribution is 2.22. The lowest BCUT2D eigenvalue weighted by atomic mass is 10.2. The number of hydrogen-bond donors (Lipinski definition) is 1. The fraction of sp³-hybridized carbons (Fsp3) is 0.286. The first kappa shape index (κ1) is 20.3. The molecule has 1 saturated heterocycles. The van der Waals surface area contributed by atoms with Crippen molar-refractivity contribution in [1.29, 1.82) is 0 Å². The zero-order valence-electron chi connectivity index (χ0n) is 16.1. The maximum atomic E-state index is 14.4. The van der Waals surface area contributed by atoms with E-state index in [1.54, 1.807) is 42.5 Å². The van der Waals surface area contributed by atoms with Crippen molar-refractivity contribution in [3.8, 4) is 0 Å². The van der Waals surface area contributed by atoms with Crippen molar-refractivity contribution in [2.24, 2.45) is 0 Å². The maximum absolute atomic E-state index is 14.4. The van der Waals surface area contributed by atoms with Crippen LogP contribution in [-0.2, 0) is 16.1 Å². The van der Waals surface area contributed by atoms with Crippen LogP contribution in [0.25, 0.3) is 11.0 Å². The van der Waals surface area contributed by atoms with Gasteiger partial charge in [-0.15, -0.1) is 0 Å². The molecule has 9 heteroatoms. The average Bonchev–Trinajstić information content (AvgIpc) is 3.33. The third-order valence-electron chi connectivity index (χ3n) is 4.96. The highest BCUT2D eigenvalue weighted by Gasteiger charge is 2.36. The Balaban J connectivity index is 1.39. The van der Waals surface area contributed by atoms with Crippen molar-refractivity contribution in [1.82, 2.24) is 14.9 Å². The zero-order valence-corrected chi connectivity index (χ0v) is 16.9. The molecule has 2 atom stereocenters. The number of halogens is 2. The molecule has 1 N–H and O–H groups in total. The molecular weight excluding hydrogens is 413 g/mol. The monoisotopic (exact) mass is 431 g/mol. The number of H-pyrrole nitrogens is 1. The van der Waals surface area contributed by atoms with E-state index < -0.39 is 18.2 Å². The van der Waals surface area contributed by atoms with E-state index in [4.69, 9.17) is 21.1 Å². The smallest absolute Gasteiger partial charge is 0.337 e. The van der Waals surface area contributed by atoms with E-state index in [9.17, 15) is 14.0 Å². The summed E-state index contributed by atoms with van der Waals surface area (Å²) in [7, 11) is 1.31. The molecule has 0 radical (unpaired) electrons. The second kappa shape index (κ2) is 8.41.